The van der Waals surface area contributed by atoms with Gasteiger partial charge in [0, 0.05) is 0 Å². The van der Waals surface area contributed by atoms with E-state index in [1.165, 1.54) is 28.3 Å². The molecule has 0 bridgehead atoms. The zero-order valence-electron chi connectivity index (χ0n) is 10.2. The number of hydrogen-bond donors (Lipinski definition) is 0. The van der Waals surface area contributed by atoms with E-state index in [4.69, 9.17) is 0 Å². The molecule has 3 aliphatic heterocycles. The molecule has 0 radical (unpaired) electrons. The first kappa shape index (κ1) is 16.2. The summed E-state index contributed by atoms with van der Waals surface area (Å²) in [5, 5.41) is 2.10. The van der Waals surface area contributed by atoms with Crippen LogP contribution in [0.1, 0.15) is 12.8 Å². The van der Waals surface area contributed by atoms with Gasteiger partial charge < -0.3 is 0 Å². The number of rotatable bonds is 6. The molecule has 0 nitrogen and oxygen atoms in total. The molecule has 18 heavy (non-hydrogen) atoms. The topological polar surface area (TPSA) is 0 Å². The molecular weight excluding hydrogens is 621 g/mol. The number of thioether (sulfide) groups is 2. The Morgan fingerprint density at radius 3 is 2.28 bits per heavy atom. The van der Waals surface area contributed by atoms with Gasteiger partial charge in [-0.2, -0.15) is 0 Å². The zero-order chi connectivity index (χ0) is 12.5. The standard InChI is InChI=1S/C12H20S2Se2Te2/c15-10(1-7-3-13-7)9-5-17-6-18-12(9)11(16)2-8-4-14-8/h7-12,15-16H,1-6H2. The van der Waals surface area contributed by atoms with Crippen molar-refractivity contribution in [3.05, 3.63) is 0 Å². The van der Waals surface area contributed by atoms with E-state index < -0.39 is 0 Å². The van der Waals surface area contributed by atoms with Gasteiger partial charge in [0.05, 0.1) is 0 Å². The van der Waals surface area contributed by atoms with Gasteiger partial charge in [-0.05, 0) is 0 Å². The van der Waals surface area contributed by atoms with Crippen LogP contribution in [0.2, 0.25) is 20.6 Å². The van der Waals surface area contributed by atoms with Crippen molar-refractivity contribution in [2.45, 2.75) is 43.9 Å². The second kappa shape index (κ2) is 7.73. The van der Waals surface area contributed by atoms with Crippen molar-refractivity contribution < 1.29 is 0 Å². The molecule has 104 valence electrons. The molecule has 0 spiro atoms. The first-order valence-electron chi connectivity index (χ1n) is 6.52. The minimum atomic E-state index is 0.355. The van der Waals surface area contributed by atoms with Crippen molar-refractivity contribution in [2.75, 3.05) is 11.5 Å². The Kier molecular flexibility index (Phi) is 6.95. The molecule has 6 unspecified atom stereocenters. The molecular formula is C12H20S2Se2Te2. The molecule has 6 heteroatoms. The molecule has 3 saturated heterocycles. The van der Waals surface area contributed by atoms with E-state index >= 15 is 0 Å². The summed E-state index contributed by atoms with van der Waals surface area (Å²) in [6.07, 6.45) is 3.04. The Morgan fingerprint density at radius 2 is 1.67 bits per heavy atom. The first-order chi connectivity index (χ1) is 8.74. The van der Waals surface area contributed by atoms with Crippen molar-refractivity contribution >= 4 is 97.4 Å². The van der Waals surface area contributed by atoms with E-state index in [1.807, 2.05) is 0 Å². The second-order valence-electron chi connectivity index (χ2n) is 5.30. The molecule has 3 rings (SSSR count). The summed E-state index contributed by atoms with van der Waals surface area (Å²) in [4.78, 5) is 1.98. The Labute approximate surface area is 156 Å². The van der Waals surface area contributed by atoms with Crippen LogP contribution in [-0.4, -0.2) is 95.9 Å². The molecule has 3 heterocycles. The molecule has 3 fully saturated rings. The molecule has 0 amide bonds. The van der Waals surface area contributed by atoms with Crippen molar-refractivity contribution in [1.29, 1.82) is 0 Å². The molecule has 6 atom stereocenters. The molecule has 0 aliphatic carbocycles. The average molecular weight is 642 g/mol. The fraction of sp³-hybridized carbons (Fsp3) is 1.00. The molecule has 0 N–H and O–H groups in total. The third-order valence-electron chi connectivity index (χ3n) is 3.76. The monoisotopic (exact) mass is 648 g/mol. The Hall–Kier alpha value is 3.32. The summed E-state index contributed by atoms with van der Waals surface area (Å²) in [6, 6.07) is 0. The zero-order valence-corrected chi connectivity index (χ0v) is 20.3. The Bertz CT molecular complexity index is 259. The van der Waals surface area contributed by atoms with Crippen LogP contribution in [0.5, 0.6) is 0 Å². The van der Waals surface area contributed by atoms with E-state index in [-0.39, 0.29) is 0 Å². The third-order valence-corrected chi connectivity index (χ3v) is 20.9. The van der Waals surface area contributed by atoms with Crippen LogP contribution in [-0.2, 0) is 0 Å². The molecule has 3 aliphatic rings. The van der Waals surface area contributed by atoms with Crippen LogP contribution >= 0.6 is 23.5 Å². The fourth-order valence-corrected chi connectivity index (χ4v) is 22.8. The van der Waals surface area contributed by atoms with Gasteiger partial charge in [0.15, 0.2) is 0 Å². The van der Waals surface area contributed by atoms with E-state index in [1.54, 1.807) is 6.99 Å². The summed E-state index contributed by atoms with van der Waals surface area (Å²) in [7, 11) is 0. The molecule has 0 saturated carbocycles. The fourth-order valence-electron chi connectivity index (χ4n) is 2.51. The maximum atomic E-state index is 3.09. The van der Waals surface area contributed by atoms with Gasteiger partial charge in [-0.1, -0.05) is 0 Å². The normalized spacial score (nSPS) is 42.3. The third kappa shape index (κ3) is 4.91. The summed E-state index contributed by atoms with van der Waals surface area (Å²) in [5.74, 6) is 4.05. The molecule has 0 aromatic heterocycles. The summed E-state index contributed by atoms with van der Waals surface area (Å²) in [6.45, 7) is 0. The summed E-state index contributed by atoms with van der Waals surface area (Å²) in [5.41, 5.74) is 0. The predicted octanol–water partition coefficient (Wildman–Crippen LogP) is 2.00. The minimum absolute atomic E-state index is 0.355. The quantitative estimate of drug-likeness (QED) is 0.322. The van der Waals surface area contributed by atoms with Crippen molar-refractivity contribution in [2.24, 2.45) is 5.92 Å². The van der Waals surface area contributed by atoms with E-state index in [9.17, 15) is 0 Å². The van der Waals surface area contributed by atoms with E-state index in [2.05, 4.69) is 55.5 Å². The predicted molar refractivity (Wildman–Crippen MR) is 91.9 cm³/mol. The SMILES string of the molecule is [SeH]C(CC1CS1)C1C[Te]C[Te]C1C([SeH])CC1CS1. The van der Waals surface area contributed by atoms with Gasteiger partial charge in [-0.3, -0.25) is 0 Å². The Morgan fingerprint density at radius 1 is 1.06 bits per heavy atom. The van der Waals surface area contributed by atoms with Gasteiger partial charge in [-0.15, -0.1) is 0 Å². The summed E-state index contributed by atoms with van der Waals surface area (Å²) >= 11 is 11.4. The van der Waals surface area contributed by atoms with Gasteiger partial charge in [0.25, 0.3) is 0 Å². The van der Waals surface area contributed by atoms with Crippen LogP contribution < -0.4 is 0 Å². The summed E-state index contributed by atoms with van der Waals surface area (Å²) < 4.78 is 4.59. The van der Waals surface area contributed by atoms with Gasteiger partial charge in [-0.25, -0.2) is 0 Å². The van der Waals surface area contributed by atoms with E-state index in [0.29, 0.717) is 41.8 Å². The average Bonchev–Trinajstić information content (AvgIpc) is 3.25. The van der Waals surface area contributed by atoms with Crippen LogP contribution in [0.4, 0.5) is 0 Å². The van der Waals surface area contributed by atoms with Crippen LogP contribution in [0.25, 0.3) is 0 Å². The van der Waals surface area contributed by atoms with Gasteiger partial charge >= 0.3 is 159 Å². The van der Waals surface area contributed by atoms with Gasteiger partial charge in [0.2, 0.25) is 0 Å². The van der Waals surface area contributed by atoms with Gasteiger partial charge in [0.1, 0.15) is 0 Å². The second-order valence-corrected chi connectivity index (χ2v) is 20.6. The molecule has 0 aromatic rings. The van der Waals surface area contributed by atoms with E-state index in [0.717, 1.165) is 26.1 Å². The van der Waals surface area contributed by atoms with Crippen LogP contribution in [0, 0.1) is 5.92 Å². The van der Waals surface area contributed by atoms with Crippen LogP contribution in [0.15, 0.2) is 0 Å². The van der Waals surface area contributed by atoms with Crippen molar-refractivity contribution in [3.8, 4) is 0 Å². The van der Waals surface area contributed by atoms with Crippen molar-refractivity contribution in [3.63, 3.8) is 0 Å². The molecule has 0 aromatic carbocycles. The Balaban J connectivity index is 1.56. The maximum absolute atomic E-state index is 3.09. The first-order valence-corrected chi connectivity index (χ1v) is 17.1. The number of hydrogen-bond acceptors (Lipinski definition) is 2. The van der Waals surface area contributed by atoms with Crippen LogP contribution in [0.3, 0.4) is 0 Å². The van der Waals surface area contributed by atoms with Crippen molar-refractivity contribution in [1.82, 2.24) is 0 Å².